The van der Waals surface area contributed by atoms with Crippen LogP contribution in [-0.4, -0.2) is 17.0 Å². The molecular formula is C14H10N2O4. The number of nitro benzene ring substituents is 1. The Balaban J connectivity index is 2.23. The van der Waals surface area contributed by atoms with E-state index in [1.54, 1.807) is 18.2 Å². The number of nitro groups is 1. The summed E-state index contributed by atoms with van der Waals surface area (Å²) < 4.78 is 10.7. The molecule has 0 fully saturated rings. The minimum Gasteiger partial charge on any atom is -0.497 e. The number of aromatic nitrogens is 1. The van der Waals surface area contributed by atoms with Gasteiger partial charge in [0.15, 0.2) is 5.58 Å². The van der Waals surface area contributed by atoms with Gasteiger partial charge in [-0.05, 0) is 24.3 Å². The van der Waals surface area contributed by atoms with Crippen LogP contribution in [0.1, 0.15) is 0 Å². The molecule has 3 rings (SSSR count). The van der Waals surface area contributed by atoms with Crippen molar-refractivity contribution in [2.24, 2.45) is 0 Å². The van der Waals surface area contributed by atoms with Gasteiger partial charge in [-0.3, -0.25) is 10.1 Å². The van der Waals surface area contributed by atoms with Crippen LogP contribution in [-0.2, 0) is 0 Å². The van der Waals surface area contributed by atoms with E-state index in [0.717, 1.165) is 0 Å². The van der Waals surface area contributed by atoms with Crippen molar-refractivity contribution in [2.45, 2.75) is 0 Å². The highest BCUT2D eigenvalue weighted by molar-refractivity contribution is 5.78. The molecule has 6 heteroatoms. The molecule has 0 unspecified atom stereocenters. The van der Waals surface area contributed by atoms with E-state index in [1.807, 2.05) is 12.1 Å². The van der Waals surface area contributed by atoms with Gasteiger partial charge in [-0.2, -0.15) is 0 Å². The third-order valence-electron chi connectivity index (χ3n) is 2.92. The van der Waals surface area contributed by atoms with E-state index in [2.05, 4.69) is 4.98 Å². The molecule has 0 aliphatic heterocycles. The highest BCUT2D eigenvalue weighted by atomic mass is 16.6. The normalized spacial score (nSPS) is 10.7. The SMILES string of the molecule is COc1ccc([N+](=O)[O-])c(-c2nc3ccccc3o2)c1. The van der Waals surface area contributed by atoms with Crippen molar-refractivity contribution in [3.63, 3.8) is 0 Å². The molecule has 0 spiro atoms. The maximum Gasteiger partial charge on any atom is 0.282 e. The van der Waals surface area contributed by atoms with Crippen LogP contribution in [0.4, 0.5) is 5.69 Å². The van der Waals surface area contributed by atoms with Crippen LogP contribution < -0.4 is 4.74 Å². The molecule has 0 bridgehead atoms. The summed E-state index contributed by atoms with van der Waals surface area (Å²) in [6, 6.07) is 11.6. The summed E-state index contributed by atoms with van der Waals surface area (Å²) in [5.41, 5.74) is 1.46. The Morgan fingerprint density at radius 1 is 1.25 bits per heavy atom. The van der Waals surface area contributed by atoms with E-state index in [1.165, 1.54) is 19.2 Å². The Kier molecular flexibility index (Phi) is 2.83. The molecule has 100 valence electrons. The van der Waals surface area contributed by atoms with Crippen LogP contribution in [0.2, 0.25) is 0 Å². The number of para-hydroxylation sites is 2. The van der Waals surface area contributed by atoms with Gasteiger partial charge in [-0.25, -0.2) is 4.98 Å². The molecule has 6 nitrogen and oxygen atoms in total. The van der Waals surface area contributed by atoms with E-state index in [4.69, 9.17) is 9.15 Å². The van der Waals surface area contributed by atoms with Crippen molar-refractivity contribution in [3.8, 4) is 17.2 Å². The maximum absolute atomic E-state index is 11.1. The molecule has 0 saturated heterocycles. The molecule has 0 N–H and O–H groups in total. The van der Waals surface area contributed by atoms with Gasteiger partial charge in [0.05, 0.1) is 12.0 Å². The molecule has 0 aliphatic carbocycles. The predicted molar refractivity (Wildman–Crippen MR) is 72.7 cm³/mol. The third kappa shape index (κ3) is 1.97. The van der Waals surface area contributed by atoms with Gasteiger partial charge in [-0.15, -0.1) is 0 Å². The lowest BCUT2D eigenvalue weighted by atomic mass is 10.1. The van der Waals surface area contributed by atoms with Gasteiger partial charge in [0, 0.05) is 6.07 Å². The van der Waals surface area contributed by atoms with Gasteiger partial charge >= 0.3 is 0 Å². The van der Waals surface area contributed by atoms with Crippen molar-refractivity contribution >= 4 is 16.8 Å². The number of fused-ring (bicyclic) bond motifs is 1. The summed E-state index contributed by atoms with van der Waals surface area (Å²) in [6.07, 6.45) is 0. The summed E-state index contributed by atoms with van der Waals surface area (Å²) in [7, 11) is 1.50. The largest absolute Gasteiger partial charge is 0.497 e. The van der Waals surface area contributed by atoms with Crippen molar-refractivity contribution in [1.82, 2.24) is 4.98 Å². The smallest absolute Gasteiger partial charge is 0.282 e. The minimum absolute atomic E-state index is 0.0719. The molecule has 0 radical (unpaired) electrons. The minimum atomic E-state index is -0.469. The van der Waals surface area contributed by atoms with E-state index < -0.39 is 4.92 Å². The fraction of sp³-hybridized carbons (Fsp3) is 0.0714. The van der Waals surface area contributed by atoms with Gasteiger partial charge in [-0.1, -0.05) is 12.1 Å². The standard InChI is InChI=1S/C14H10N2O4/c1-19-9-6-7-12(16(17)18)10(8-9)14-15-11-4-2-3-5-13(11)20-14/h2-8H,1H3. The predicted octanol–water partition coefficient (Wildman–Crippen LogP) is 3.41. The van der Waals surface area contributed by atoms with Gasteiger partial charge in [0.2, 0.25) is 5.89 Å². The molecule has 0 saturated carbocycles. The van der Waals surface area contributed by atoms with Crippen molar-refractivity contribution < 1.29 is 14.1 Å². The Labute approximate surface area is 113 Å². The monoisotopic (exact) mass is 270 g/mol. The number of rotatable bonds is 3. The van der Waals surface area contributed by atoms with E-state index in [-0.39, 0.29) is 11.6 Å². The van der Waals surface area contributed by atoms with Crippen molar-refractivity contribution in [1.29, 1.82) is 0 Å². The summed E-state index contributed by atoms with van der Waals surface area (Å²) in [5, 5.41) is 11.1. The number of hydrogen-bond donors (Lipinski definition) is 0. The van der Waals surface area contributed by atoms with E-state index in [0.29, 0.717) is 22.4 Å². The van der Waals surface area contributed by atoms with Gasteiger partial charge in [0.1, 0.15) is 16.8 Å². The zero-order valence-corrected chi connectivity index (χ0v) is 10.6. The number of nitrogens with zero attached hydrogens (tertiary/aromatic N) is 2. The molecule has 1 aromatic heterocycles. The second kappa shape index (κ2) is 4.65. The van der Waals surface area contributed by atoms with Gasteiger partial charge < -0.3 is 9.15 Å². The lowest BCUT2D eigenvalue weighted by Gasteiger charge is -2.02. The summed E-state index contributed by atoms with van der Waals surface area (Å²) in [4.78, 5) is 14.9. The van der Waals surface area contributed by atoms with Crippen LogP contribution in [0, 0.1) is 10.1 Å². The first kappa shape index (κ1) is 12.2. The molecule has 0 aliphatic rings. The maximum atomic E-state index is 11.1. The Morgan fingerprint density at radius 2 is 2.05 bits per heavy atom. The fourth-order valence-electron chi connectivity index (χ4n) is 1.96. The molecular weight excluding hydrogens is 260 g/mol. The Morgan fingerprint density at radius 3 is 2.75 bits per heavy atom. The summed E-state index contributed by atoms with van der Waals surface area (Å²) in [5.74, 6) is 0.713. The lowest BCUT2D eigenvalue weighted by Crippen LogP contribution is -1.93. The van der Waals surface area contributed by atoms with Gasteiger partial charge in [0.25, 0.3) is 5.69 Å². The highest BCUT2D eigenvalue weighted by Crippen LogP contribution is 2.34. The van der Waals surface area contributed by atoms with Crippen LogP contribution >= 0.6 is 0 Å². The molecule has 3 aromatic rings. The quantitative estimate of drug-likeness (QED) is 0.538. The summed E-state index contributed by atoms with van der Waals surface area (Å²) >= 11 is 0. The third-order valence-corrected chi connectivity index (χ3v) is 2.92. The van der Waals surface area contributed by atoms with E-state index >= 15 is 0 Å². The van der Waals surface area contributed by atoms with Crippen LogP contribution in [0.3, 0.4) is 0 Å². The van der Waals surface area contributed by atoms with Crippen LogP contribution in [0.5, 0.6) is 5.75 Å². The fourth-order valence-corrected chi connectivity index (χ4v) is 1.96. The zero-order chi connectivity index (χ0) is 14.1. The number of hydrogen-bond acceptors (Lipinski definition) is 5. The zero-order valence-electron chi connectivity index (χ0n) is 10.6. The first-order valence-electron chi connectivity index (χ1n) is 5.87. The molecule has 0 amide bonds. The molecule has 20 heavy (non-hydrogen) atoms. The second-order valence-corrected chi connectivity index (χ2v) is 4.13. The highest BCUT2D eigenvalue weighted by Gasteiger charge is 2.20. The van der Waals surface area contributed by atoms with Crippen molar-refractivity contribution in [2.75, 3.05) is 7.11 Å². The molecule has 2 aromatic carbocycles. The number of ether oxygens (including phenoxy) is 1. The van der Waals surface area contributed by atoms with Crippen molar-refractivity contribution in [3.05, 3.63) is 52.6 Å². The number of oxazole rings is 1. The van der Waals surface area contributed by atoms with Crippen LogP contribution in [0.25, 0.3) is 22.6 Å². The first-order valence-corrected chi connectivity index (χ1v) is 5.87. The number of benzene rings is 2. The molecule has 1 heterocycles. The Hall–Kier alpha value is -2.89. The average molecular weight is 270 g/mol. The topological polar surface area (TPSA) is 78.4 Å². The number of methoxy groups -OCH3 is 1. The second-order valence-electron chi connectivity index (χ2n) is 4.13. The lowest BCUT2D eigenvalue weighted by molar-refractivity contribution is -0.384. The van der Waals surface area contributed by atoms with Crippen LogP contribution in [0.15, 0.2) is 46.9 Å². The Bertz CT molecular complexity index is 762. The summed E-state index contributed by atoms with van der Waals surface area (Å²) in [6.45, 7) is 0. The molecule has 0 atom stereocenters. The van der Waals surface area contributed by atoms with E-state index in [9.17, 15) is 10.1 Å². The first-order chi connectivity index (χ1) is 9.69. The average Bonchev–Trinajstić information content (AvgIpc) is 2.90.